The molecule has 1 aliphatic rings. The number of hydrogen-bond acceptors (Lipinski definition) is 6. The van der Waals surface area contributed by atoms with Crippen molar-refractivity contribution in [3.05, 3.63) is 24.4 Å². The molecule has 118 valence electrons. The van der Waals surface area contributed by atoms with Gasteiger partial charge in [-0.15, -0.1) is 0 Å². The van der Waals surface area contributed by atoms with E-state index < -0.39 is 0 Å². The maximum Gasteiger partial charge on any atom is 0.249 e. The number of nitrogens with zero attached hydrogens (tertiary/aromatic N) is 6. The third kappa shape index (κ3) is 3.00. The Balaban J connectivity index is 1.65. The third-order valence-electron chi connectivity index (χ3n) is 3.85. The van der Waals surface area contributed by atoms with Crippen LogP contribution in [0.4, 0.5) is 0 Å². The lowest BCUT2D eigenvalue weighted by atomic mass is 10.2. The van der Waals surface area contributed by atoms with Gasteiger partial charge >= 0.3 is 0 Å². The van der Waals surface area contributed by atoms with Crippen LogP contribution in [-0.4, -0.2) is 42.3 Å². The summed E-state index contributed by atoms with van der Waals surface area (Å²) in [6.07, 6.45) is 5.30. The lowest BCUT2D eigenvalue weighted by molar-refractivity contribution is -0.132. The lowest BCUT2D eigenvalue weighted by Gasteiger charge is -2.21. The molecule has 1 saturated heterocycles. The van der Waals surface area contributed by atoms with E-state index in [0.29, 0.717) is 24.7 Å². The number of aromatic nitrogens is 5. The maximum absolute atomic E-state index is 12.4. The van der Waals surface area contributed by atoms with E-state index in [1.807, 2.05) is 18.7 Å². The first kappa shape index (κ1) is 14.7. The van der Waals surface area contributed by atoms with Crippen LogP contribution in [0.5, 0.6) is 0 Å². The second-order valence-corrected chi connectivity index (χ2v) is 5.80. The number of rotatable bonds is 5. The second-order valence-electron chi connectivity index (χ2n) is 5.80. The van der Waals surface area contributed by atoms with Gasteiger partial charge in [-0.05, 0) is 12.8 Å². The fourth-order valence-electron chi connectivity index (χ4n) is 2.64. The molecular formula is C14H20N6O2. The van der Waals surface area contributed by atoms with Gasteiger partial charge in [-0.2, -0.15) is 10.1 Å². The minimum atomic E-state index is -0.0942. The van der Waals surface area contributed by atoms with Crippen molar-refractivity contribution < 1.29 is 9.32 Å². The number of aryl methyl sites for hydroxylation is 1. The van der Waals surface area contributed by atoms with E-state index >= 15 is 0 Å². The number of carbonyl (C=O) groups excluding carboxylic acids is 1. The highest BCUT2D eigenvalue weighted by atomic mass is 16.5. The van der Waals surface area contributed by atoms with E-state index in [4.69, 9.17) is 4.52 Å². The Morgan fingerprint density at radius 2 is 2.36 bits per heavy atom. The predicted molar refractivity (Wildman–Crippen MR) is 76.7 cm³/mol. The van der Waals surface area contributed by atoms with Gasteiger partial charge < -0.3 is 9.42 Å². The highest BCUT2D eigenvalue weighted by Crippen LogP contribution is 2.32. The average Bonchev–Trinajstić information content (AvgIpc) is 3.23. The van der Waals surface area contributed by atoms with E-state index in [1.165, 1.54) is 6.33 Å². The molecular weight excluding hydrogens is 284 g/mol. The normalized spacial score (nSPS) is 18.3. The van der Waals surface area contributed by atoms with Crippen LogP contribution in [0, 0.1) is 0 Å². The predicted octanol–water partition coefficient (Wildman–Crippen LogP) is 1.54. The first-order chi connectivity index (χ1) is 10.6. The summed E-state index contributed by atoms with van der Waals surface area (Å²) in [5, 5.41) is 8.00. The van der Waals surface area contributed by atoms with Crippen LogP contribution >= 0.6 is 0 Å². The molecule has 2 aromatic heterocycles. The van der Waals surface area contributed by atoms with Crippen LogP contribution in [-0.2, 0) is 11.3 Å². The van der Waals surface area contributed by atoms with Crippen LogP contribution in [0.15, 0.2) is 17.2 Å². The summed E-state index contributed by atoms with van der Waals surface area (Å²) in [5.41, 5.74) is 0. The summed E-state index contributed by atoms with van der Waals surface area (Å²) >= 11 is 0. The number of likely N-dealkylation sites (tertiary alicyclic amines) is 1. The Kier molecular flexibility index (Phi) is 4.17. The average molecular weight is 304 g/mol. The molecule has 0 unspecified atom stereocenters. The lowest BCUT2D eigenvalue weighted by Crippen LogP contribution is -2.31. The van der Waals surface area contributed by atoms with Crippen molar-refractivity contribution in [2.24, 2.45) is 0 Å². The van der Waals surface area contributed by atoms with Crippen LogP contribution in [0.2, 0.25) is 0 Å². The van der Waals surface area contributed by atoms with Crippen molar-refractivity contribution in [3.63, 3.8) is 0 Å². The van der Waals surface area contributed by atoms with Gasteiger partial charge in [0.15, 0.2) is 5.82 Å². The largest absolute Gasteiger partial charge is 0.337 e. The first-order valence-corrected chi connectivity index (χ1v) is 7.60. The van der Waals surface area contributed by atoms with E-state index in [9.17, 15) is 4.79 Å². The molecule has 0 N–H and O–H groups in total. The minimum Gasteiger partial charge on any atom is -0.337 e. The molecule has 3 heterocycles. The first-order valence-electron chi connectivity index (χ1n) is 7.60. The van der Waals surface area contributed by atoms with Gasteiger partial charge in [0.2, 0.25) is 11.8 Å². The number of amides is 1. The Morgan fingerprint density at radius 3 is 3.05 bits per heavy atom. The van der Waals surface area contributed by atoms with Crippen molar-refractivity contribution in [2.75, 3.05) is 6.54 Å². The number of hydrogen-bond donors (Lipinski definition) is 0. The Morgan fingerprint density at radius 1 is 1.50 bits per heavy atom. The summed E-state index contributed by atoms with van der Waals surface area (Å²) < 4.78 is 7.02. The molecule has 0 aromatic carbocycles. The molecule has 2 aromatic rings. The monoisotopic (exact) mass is 304 g/mol. The third-order valence-corrected chi connectivity index (χ3v) is 3.85. The van der Waals surface area contributed by atoms with Crippen LogP contribution in [0.25, 0.3) is 0 Å². The summed E-state index contributed by atoms with van der Waals surface area (Å²) in [6.45, 7) is 5.30. The van der Waals surface area contributed by atoms with Crippen LogP contribution in [0.3, 0.4) is 0 Å². The van der Waals surface area contributed by atoms with E-state index in [1.54, 1.807) is 11.0 Å². The SMILES string of the molecule is CC(C)c1noc([C@H]2CCCN2C(=O)CCn2cncn2)n1. The van der Waals surface area contributed by atoms with E-state index in [-0.39, 0.29) is 17.9 Å². The summed E-state index contributed by atoms with van der Waals surface area (Å²) in [5.74, 6) is 1.55. The van der Waals surface area contributed by atoms with Gasteiger partial charge in [-0.1, -0.05) is 19.0 Å². The smallest absolute Gasteiger partial charge is 0.249 e. The van der Waals surface area contributed by atoms with Crippen molar-refractivity contribution in [1.82, 2.24) is 29.8 Å². The molecule has 1 fully saturated rings. The fraction of sp³-hybridized carbons (Fsp3) is 0.643. The van der Waals surface area contributed by atoms with Crippen molar-refractivity contribution in [1.29, 1.82) is 0 Å². The van der Waals surface area contributed by atoms with Crippen molar-refractivity contribution in [3.8, 4) is 0 Å². The molecule has 0 spiro atoms. The Bertz CT molecular complexity index is 621. The topological polar surface area (TPSA) is 89.9 Å². The molecule has 8 nitrogen and oxygen atoms in total. The minimum absolute atomic E-state index is 0.0855. The molecule has 22 heavy (non-hydrogen) atoms. The van der Waals surface area contributed by atoms with Crippen molar-refractivity contribution in [2.45, 2.75) is 51.6 Å². The summed E-state index contributed by atoms with van der Waals surface area (Å²) in [6, 6.07) is -0.0942. The molecule has 0 bridgehead atoms. The van der Waals surface area contributed by atoms with Gasteiger partial charge in [-0.25, -0.2) is 4.98 Å². The summed E-state index contributed by atoms with van der Waals surface area (Å²) in [7, 11) is 0. The summed E-state index contributed by atoms with van der Waals surface area (Å²) in [4.78, 5) is 22.6. The van der Waals surface area contributed by atoms with Gasteiger partial charge in [0.05, 0.1) is 6.54 Å². The van der Waals surface area contributed by atoms with Gasteiger partial charge in [0.25, 0.3) is 0 Å². The standard InChI is InChI=1S/C14H20N6O2/c1-10(2)13-17-14(22-18-13)11-4-3-6-20(11)12(21)5-7-19-9-15-8-16-19/h8-11H,3-7H2,1-2H3/t11-/m1/s1. The van der Waals surface area contributed by atoms with E-state index in [2.05, 4.69) is 20.2 Å². The molecule has 8 heteroatoms. The van der Waals surface area contributed by atoms with Gasteiger partial charge in [0.1, 0.15) is 18.7 Å². The van der Waals surface area contributed by atoms with Crippen LogP contribution < -0.4 is 0 Å². The molecule has 0 saturated carbocycles. The Hall–Kier alpha value is -2.25. The molecule has 0 aliphatic carbocycles. The Labute approximate surface area is 128 Å². The van der Waals surface area contributed by atoms with Crippen molar-refractivity contribution >= 4 is 5.91 Å². The zero-order chi connectivity index (χ0) is 15.5. The maximum atomic E-state index is 12.4. The van der Waals surface area contributed by atoms with Gasteiger partial charge in [-0.3, -0.25) is 9.48 Å². The molecule has 3 rings (SSSR count). The van der Waals surface area contributed by atoms with Gasteiger partial charge in [0, 0.05) is 18.9 Å². The van der Waals surface area contributed by atoms with Crippen LogP contribution in [0.1, 0.15) is 56.8 Å². The highest BCUT2D eigenvalue weighted by Gasteiger charge is 2.33. The number of carbonyl (C=O) groups is 1. The zero-order valence-electron chi connectivity index (χ0n) is 12.8. The zero-order valence-corrected chi connectivity index (χ0v) is 12.8. The highest BCUT2D eigenvalue weighted by molar-refractivity contribution is 5.76. The fourth-order valence-corrected chi connectivity index (χ4v) is 2.64. The molecule has 1 atom stereocenters. The second kappa shape index (κ2) is 6.25. The molecule has 0 radical (unpaired) electrons. The molecule has 1 amide bonds. The quantitative estimate of drug-likeness (QED) is 0.832. The molecule has 1 aliphatic heterocycles. The van der Waals surface area contributed by atoms with E-state index in [0.717, 1.165) is 19.4 Å².